The number of nitriles is 1. The van der Waals surface area contributed by atoms with Crippen molar-refractivity contribution in [2.75, 3.05) is 0 Å². The molecule has 2 heterocycles. The number of benzene rings is 1. The molecule has 3 aromatic rings. The fourth-order valence-corrected chi connectivity index (χ4v) is 4.32. The largest absolute Gasteiger partial charge is 0.328 e. The van der Waals surface area contributed by atoms with Gasteiger partial charge >= 0.3 is 0 Å². The second-order valence-corrected chi connectivity index (χ2v) is 7.59. The van der Waals surface area contributed by atoms with Crippen LogP contribution in [0.5, 0.6) is 0 Å². The van der Waals surface area contributed by atoms with E-state index >= 15 is 0 Å². The first-order valence-electron chi connectivity index (χ1n) is 9.95. The molecule has 1 aliphatic carbocycles. The summed E-state index contributed by atoms with van der Waals surface area (Å²) in [6, 6.07) is 11.9. The normalized spacial score (nSPS) is 19.6. The standard InChI is InChI=1S/C22H25N5O/c1-2-26-11-10-19-20(22(26)28)27(14-17-7-4-3-6-16(17)13-23)21(25-19)15-8-5-9-18(24)12-15/h3-4,6-7,10-11,15,18H,2,5,8-9,12,14,24H2,1H3/t15?,18-/m0/s1. The predicted octanol–water partition coefficient (Wildman–Crippen LogP) is 3.12. The number of rotatable bonds is 4. The highest BCUT2D eigenvalue weighted by Gasteiger charge is 2.27. The molecule has 6 heteroatoms. The molecule has 1 aromatic carbocycles. The molecule has 0 bridgehead atoms. The Morgan fingerprint density at radius 3 is 2.86 bits per heavy atom. The topological polar surface area (TPSA) is 89.6 Å². The Hall–Kier alpha value is -2.91. The van der Waals surface area contributed by atoms with Gasteiger partial charge in [0, 0.05) is 24.7 Å². The molecular formula is C22H25N5O. The van der Waals surface area contributed by atoms with E-state index in [0.29, 0.717) is 24.2 Å². The molecule has 1 fully saturated rings. The maximum absolute atomic E-state index is 13.1. The van der Waals surface area contributed by atoms with Crippen molar-refractivity contribution in [3.8, 4) is 6.07 Å². The van der Waals surface area contributed by atoms with Crippen LogP contribution in [-0.4, -0.2) is 20.2 Å². The van der Waals surface area contributed by atoms with Gasteiger partial charge in [-0.1, -0.05) is 24.6 Å². The summed E-state index contributed by atoms with van der Waals surface area (Å²) >= 11 is 0. The van der Waals surface area contributed by atoms with Crippen LogP contribution in [-0.2, 0) is 13.1 Å². The Morgan fingerprint density at radius 2 is 2.11 bits per heavy atom. The van der Waals surface area contributed by atoms with Gasteiger partial charge in [0.15, 0.2) is 0 Å². The average molecular weight is 375 g/mol. The molecule has 28 heavy (non-hydrogen) atoms. The first-order chi connectivity index (χ1) is 13.6. The molecule has 0 saturated heterocycles. The average Bonchev–Trinajstić information content (AvgIpc) is 3.08. The van der Waals surface area contributed by atoms with E-state index in [9.17, 15) is 10.1 Å². The van der Waals surface area contributed by atoms with Crippen molar-refractivity contribution >= 4 is 11.0 Å². The molecule has 144 valence electrons. The number of hydrogen-bond donors (Lipinski definition) is 1. The molecule has 1 aliphatic rings. The zero-order valence-electron chi connectivity index (χ0n) is 16.1. The summed E-state index contributed by atoms with van der Waals surface area (Å²) in [6.45, 7) is 3.03. The van der Waals surface area contributed by atoms with E-state index < -0.39 is 0 Å². The van der Waals surface area contributed by atoms with Crippen LogP contribution in [0.3, 0.4) is 0 Å². The Morgan fingerprint density at radius 1 is 1.29 bits per heavy atom. The first-order valence-corrected chi connectivity index (χ1v) is 9.95. The summed E-state index contributed by atoms with van der Waals surface area (Å²) in [5.74, 6) is 1.16. The molecule has 1 saturated carbocycles. The summed E-state index contributed by atoms with van der Waals surface area (Å²) in [4.78, 5) is 18.0. The van der Waals surface area contributed by atoms with Crippen LogP contribution >= 0.6 is 0 Å². The fraction of sp³-hybridized carbons (Fsp3) is 0.409. The maximum Gasteiger partial charge on any atom is 0.276 e. The number of nitrogens with two attached hydrogens (primary N) is 1. The van der Waals surface area contributed by atoms with Crippen LogP contribution < -0.4 is 11.3 Å². The smallest absolute Gasteiger partial charge is 0.276 e. The highest BCUT2D eigenvalue weighted by Crippen LogP contribution is 2.33. The van der Waals surface area contributed by atoms with Crippen LogP contribution in [0.1, 0.15) is 55.5 Å². The van der Waals surface area contributed by atoms with E-state index in [1.54, 1.807) is 4.57 Å². The molecule has 0 aliphatic heterocycles. The van der Waals surface area contributed by atoms with Gasteiger partial charge in [-0.05, 0) is 43.9 Å². The Bertz CT molecular complexity index is 1100. The van der Waals surface area contributed by atoms with Crippen molar-refractivity contribution < 1.29 is 0 Å². The van der Waals surface area contributed by atoms with Crippen LogP contribution in [0.25, 0.3) is 11.0 Å². The van der Waals surface area contributed by atoms with Crippen LogP contribution in [0.4, 0.5) is 0 Å². The lowest BCUT2D eigenvalue weighted by atomic mass is 9.85. The Labute approximate surface area is 164 Å². The highest BCUT2D eigenvalue weighted by atomic mass is 16.1. The van der Waals surface area contributed by atoms with E-state index in [0.717, 1.165) is 42.6 Å². The van der Waals surface area contributed by atoms with E-state index in [4.69, 9.17) is 10.7 Å². The summed E-state index contributed by atoms with van der Waals surface area (Å²) in [7, 11) is 0. The van der Waals surface area contributed by atoms with Crippen molar-refractivity contribution in [2.45, 2.75) is 57.7 Å². The van der Waals surface area contributed by atoms with Gasteiger partial charge in [-0.3, -0.25) is 4.79 Å². The zero-order valence-corrected chi connectivity index (χ0v) is 16.1. The van der Waals surface area contributed by atoms with Crippen LogP contribution in [0.2, 0.25) is 0 Å². The number of aromatic nitrogens is 3. The minimum absolute atomic E-state index is 0.0340. The molecule has 1 unspecified atom stereocenters. The molecule has 2 aromatic heterocycles. The van der Waals surface area contributed by atoms with E-state index in [-0.39, 0.29) is 17.5 Å². The lowest BCUT2D eigenvalue weighted by Gasteiger charge is -2.26. The second kappa shape index (κ2) is 7.61. The Kier molecular flexibility index (Phi) is 5.01. The monoisotopic (exact) mass is 375 g/mol. The molecule has 2 atom stereocenters. The zero-order chi connectivity index (χ0) is 19.7. The van der Waals surface area contributed by atoms with E-state index in [1.807, 2.05) is 48.0 Å². The van der Waals surface area contributed by atoms with Gasteiger partial charge in [-0.2, -0.15) is 5.26 Å². The number of aryl methyl sites for hydroxylation is 1. The summed E-state index contributed by atoms with van der Waals surface area (Å²) < 4.78 is 3.73. The third-order valence-corrected chi connectivity index (χ3v) is 5.79. The van der Waals surface area contributed by atoms with Crippen molar-refractivity contribution in [3.63, 3.8) is 0 Å². The minimum Gasteiger partial charge on any atom is -0.328 e. The van der Waals surface area contributed by atoms with Gasteiger partial charge in [-0.25, -0.2) is 4.98 Å². The van der Waals surface area contributed by atoms with E-state index in [1.165, 1.54) is 0 Å². The van der Waals surface area contributed by atoms with Crippen molar-refractivity contribution in [3.05, 3.63) is 63.8 Å². The Balaban J connectivity index is 1.91. The summed E-state index contributed by atoms with van der Waals surface area (Å²) in [5.41, 5.74) is 9.07. The van der Waals surface area contributed by atoms with Crippen molar-refractivity contribution in [1.29, 1.82) is 5.26 Å². The predicted molar refractivity (Wildman–Crippen MR) is 109 cm³/mol. The lowest BCUT2D eigenvalue weighted by molar-refractivity contribution is 0.376. The van der Waals surface area contributed by atoms with Crippen molar-refractivity contribution in [2.24, 2.45) is 5.73 Å². The number of nitrogens with zero attached hydrogens (tertiary/aromatic N) is 4. The quantitative estimate of drug-likeness (QED) is 0.759. The number of imidazole rings is 1. The maximum atomic E-state index is 13.1. The lowest BCUT2D eigenvalue weighted by Crippen LogP contribution is -2.28. The summed E-state index contributed by atoms with van der Waals surface area (Å²) in [5, 5.41) is 9.49. The fourth-order valence-electron chi connectivity index (χ4n) is 4.32. The van der Waals surface area contributed by atoms with Gasteiger partial charge in [0.2, 0.25) is 0 Å². The molecular weight excluding hydrogens is 350 g/mol. The SMILES string of the molecule is CCn1ccc2nc(C3CCC[C@H](N)C3)n(Cc3ccccc3C#N)c2c1=O. The highest BCUT2D eigenvalue weighted by molar-refractivity contribution is 5.75. The second-order valence-electron chi connectivity index (χ2n) is 7.59. The van der Waals surface area contributed by atoms with Gasteiger partial charge in [0.05, 0.1) is 23.7 Å². The van der Waals surface area contributed by atoms with Crippen LogP contribution in [0, 0.1) is 11.3 Å². The van der Waals surface area contributed by atoms with Crippen molar-refractivity contribution in [1.82, 2.24) is 14.1 Å². The van der Waals surface area contributed by atoms with E-state index in [2.05, 4.69) is 6.07 Å². The molecule has 0 amide bonds. The number of pyridine rings is 1. The van der Waals surface area contributed by atoms with Gasteiger partial charge in [0.1, 0.15) is 11.3 Å². The third-order valence-electron chi connectivity index (χ3n) is 5.79. The van der Waals surface area contributed by atoms with Gasteiger partial charge in [0.25, 0.3) is 5.56 Å². The first kappa shape index (κ1) is 18.5. The number of hydrogen-bond acceptors (Lipinski definition) is 4. The molecule has 0 spiro atoms. The number of fused-ring (bicyclic) bond motifs is 1. The van der Waals surface area contributed by atoms with Gasteiger partial charge in [-0.15, -0.1) is 0 Å². The molecule has 6 nitrogen and oxygen atoms in total. The van der Waals surface area contributed by atoms with Gasteiger partial charge < -0.3 is 14.9 Å². The third kappa shape index (κ3) is 3.23. The summed E-state index contributed by atoms with van der Waals surface area (Å²) in [6.07, 6.45) is 5.82. The minimum atomic E-state index is -0.0340. The van der Waals surface area contributed by atoms with Crippen LogP contribution in [0.15, 0.2) is 41.3 Å². The molecule has 4 rings (SSSR count). The molecule has 2 N–H and O–H groups in total. The molecule has 0 radical (unpaired) electrons.